The monoisotopic (exact) mass is 1070 g/mol. The number of rotatable bonds is 63. The van der Waals surface area contributed by atoms with Gasteiger partial charge in [0.25, 0.3) is 0 Å². The molecular weight excluding hydrogens is 937 g/mol. The molecule has 0 amide bonds. The fourth-order valence-corrected chi connectivity index (χ4v) is 10.9. The first-order valence-electron chi connectivity index (χ1n) is 34.6. The molecular formula is C70H136O6. The maximum atomic E-state index is 13.0. The predicted molar refractivity (Wildman–Crippen MR) is 330 cm³/mol. The van der Waals surface area contributed by atoms with Crippen LogP contribution in [0.4, 0.5) is 0 Å². The van der Waals surface area contributed by atoms with Gasteiger partial charge in [0.05, 0.1) is 0 Å². The second-order valence-electron chi connectivity index (χ2n) is 25.4. The normalized spacial score (nSPS) is 12.5. The topological polar surface area (TPSA) is 78.9 Å². The predicted octanol–water partition coefficient (Wildman–Crippen LogP) is 23.4. The lowest BCUT2D eigenvalue weighted by Gasteiger charge is -2.18. The van der Waals surface area contributed by atoms with Gasteiger partial charge in [0, 0.05) is 19.3 Å². The fraction of sp³-hybridized carbons (Fsp3) is 0.957. The van der Waals surface area contributed by atoms with Crippen LogP contribution in [0.2, 0.25) is 0 Å². The molecule has 0 fully saturated rings. The molecule has 0 aliphatic carbocycles. The van der Waals surface area contributed by atoms with E-state index in [1.165, 1.54) is 276 Å². The second kappa shape index (κ2) is 61.0. The standard InChI is InChI=1S/C70H136O6/c1-7-66(6)58-52-46-40-34-28-22-15-10-8-9-11-17-25-31-37-43-49-55-61-70(73)76-67(63-75-69(72)60-54-48-42-36-30-24-19-18-21-27-33-39-45-51-57-65(4)5)62-74-68(71)59-53-47-41-35-29-23-16-13-12-14-20-26-32-38-44-50-56-64(2)3/h64-67H,7-63H2,1-6H3/t66?,67-/m1/s1. The molecule has 0 aromatic heterocycles. The lowest BCUT2D eigenvalue weighted by Crippen LogP contribution is -2.30. The summed E-state index contributed by atoms with van der Waals surface area (Å²) in [5.74, 6) is 1.78. The fourth-order valence-electron chi connectivity index (χ4n) is 10.9. The van der Waals surface area contributed by atoms with Crippen molar-refractivity contribution >= 4 is 17.9 Å². The van der Waals surface area contributed by atoms with E-state index in [9.17, 15) is 14.4 Å². The summed E-state index contributed by atoms with van der Waals surface area (Å²) in [6, 6.07) is 0. The summed E-state index contributed by atoms with van der Waals surface area (Å²) in [4.78, 5) is 38.4. The minimum Gasteiger partial charge on any atom is -0.462 e. The summed E-state index contributed by atoms with van der Waals surface area (Å²) in [7, 11) is 0. The number of hydrogen-bond donors (Lipinski definition) is 0. The molecule has 76 heavy (non-hydrogen) atoms. The minimum atomic E-state index is -0.765. The Bertz CT molecular complexity index is 1180. The lowest BCUT2D eigenvalue weighted by molar-refractivity contribution is -0.167. The van der Waals surface area contributed by atoms with Gasteiger partial charge in [0.2, 0.25) is 0 Å². The Morgan fingerprint density at radius 1 is 0.263 bits per heavy atom. The maximum Gasteiger partial charge on any atom is 0.306 e. The van der Waals surface area contributed by atoms with E-state index in [0.29, 0.717) is 19.3 Å². The summed E-state index contributed by atoms with van der Waals surface area (Å²) in [5, 5.41) is 0. The third-order valence-corrected chi connectivity index (χ3v) is 16.5. The zero-order valence-electron chi connectivity index (χ0n) is 52.6. The first-order valence-corrected chi connectivity index (χ1v) is 34.6. The number of unbranched alkanes of at least 4 members (excludes halogenated alkanes) is 45. The van der Waals surface area contributed by atoms with Gasteiger partial charge < -0.3 is 14.2 Å². The Morgan fingerprint density at radius 2 is 0.461 bits per heavy atom. The molecule has 0 saturated heterocycles. The van der Waals surface area contributed by atoms with Crippen molar-refractivity contribution in [1.29, 1.82) is 0 Å². The quantitative estimate of drug-likeness (QED) is 0.0343. The summed E-state index contributed by atoms with van der Waals surface area (Å²) in [5.41, 5.74) is 0. The van der Waals surface area contributed by atoms with Gasteiger partial charge in [-0.2, -0.15) is 0 Å². The van der Waals surface area contributed by atoms with E-state index in [1.807, 2.05) is 0 Å². The van der Waals surface area contributed by atoms with Crippen molar-refractivity contribution in [2.24, 2.45) is 17.8 Å². The van der Waals surface area contributed by atoms with E-state index >= 15 is 0 Å². The molecule has 0 N–H and O–H groups in total. The molecule has 0 aliphatic rings. The smallest absolute Gasteiger partial charge is 0.306 e. The number of carbonyl (C=O) groups is 3. The average Bonchev–Trinajstić information content (AvgIpc) is 3.40. The maximum absolute atomic E-state index is 13.0. The van der Waals surface area contributed by atoms with Gasteiger partial charge in [-0.25, -0.2) is 0 Å². The van der Waals surface area contributed by atoms with Crippen molar-refractivity contribution < 1.29 is 28.6 Å². The molecule has 0 heterocycles. The van der Waals surface area contributed by atoms with Gasteiger partial charge in [-0.05, 0) is 37.0 Å². The number of ether oxygens (including phenoxy) is 3. The van der Waals surface area contributed by atoms with Crippen LogP contribution < -0.4 is 0 Å². The Balaban J connectivity index is 4.28. The Morgan fingerprint density at radius 3 is 0.684 bits per heavy atom. The molecule has 452 valence electrons. The van der Waals surface area contributed by atoms with Gasteiger partial charge in [-0.15, -0.1) is 0 Å². The van der Waals surface area contributed by atoms with Crippen LogP contribution in [0.25, 0.3) is 0 Å². The van der Waals surface area contributed by atoms with Gasteiger partial charge in [-0.1, -0.05) is 356 Å². The van der Waals surface area contributed by atoms with E-state index in [2.05, 4.69) is 41.5 Å². The second-order valence-corrected chi connectivity index (χ2v) is 25.4. The third-order valence-electron chi connectivity index (χ3n) is 16.5. The van der Waals surface area contributed by atoms with Crippen LogP contribution in [0.1, 0.15) is 395 Å². The third kappa shape index (κ3) is 61.6. The lowest BCUT2D eigenvalue weighted by atomic mass is 9.99. The van der Waals surface area contributed by atoms with Crippen LogP contribution in [0.15, 0.2) is 0 Å². The van der Waals surface area contributed by atoms with Gasteiger partial charge in [0.15, 0.2) is 6.10 Å². The van der Waals surface area contributed by atoms with Crippen LogP contribution >= 0.6 is 0 Å². The molecule has 0 radical (unpaired) electrons. The molecule has 2 atom stereocenters. The Labute approximate surface area is 476 Å². The van der Waals surface area contributed by atoms with Crippen molar-refractivity contribution in [2.75, 3.05) is 13.2 Å². The zero-order valence-corrected chi connectivity index (χ0v) is 52.6. The largest absolute Gasteiger partial charge is 0.462 e. The first kappa shape index (κ1) is 74.4. The molecule has 6 nitrogen and oxygen atoms in total. The van der Waals surface area contributed by atoms with E-state index in [-0.39, 0.29) is 31.1 Å². The molecule has 0 aromatic carbocycles. The van der Waals surface area contributed by atoms with Crippen molar-refractivity contribution in [3.63, 3.8) is 0 Å². The average molecular weight is 1070 g/mol. The molecule has 0 aliphatic heterocycles. The number of hydrogen-bond acceptors (Lipinski definition) is 6. The van der Waals surface area contributed by atoms with Gasteiger partial charge in [-0.3, -0.25) is 14.4 Å². The van der Waals surface area contributed by atoms with Crippen LogP contribution in [0, 0.1) is 17.8 Å². The van der Waals surface area contributed by atoms with Crippen molar-refractivity contribution in [2.45, 2.75) is 401 Å². The highest BCUT2D eigenvalue weighted by Crippen LogP contribution is 2.20. The zero-order chi connectivity index (χ0) is 55.5. The molecule has 0 aromatic rings. The molecule has 1 unspecified atom stereocenters. The summed E-state index contributed by atoms with van der Waals surface area (Å²) >= 11 is 0. The van der Waals surface area contributed by atoms with Crippen molar-refractivity contribution in [3.8, 4) is 0 Å². The minimum absolute atomic E-state index is 0.0619. The summed E-state index contributed by atoms with van der Waals surface area (Å²) in [6.45, 7) is 13.9. The van der Waals surface area contributed by atoms with Gasteiger partial charge in [0.1, 0.15) is 13.2 Å². The highest BCUT2D eigenvalue weighted by Gasteiger charge is 2.20. The molecule has 0 saturated carbocycles. The van der Waals surface area contributed by atoms with Crippen LogP contribution in [-0.4, -0.2) is 37.2 Å². The highest BCUT2D eigenvalue weighted by atomic mass is 16.6. The van der Waals surface area contributed by atoms with Crippen LogP contribution in [0.5, 0.6) is 0 Å². The number of carbonyl (C=O) groups excluding carboxylic acids is 3. The van der Waals surface area contributed by atoms with Crippen molar-refractivity contribution in [1.82, 2.24) is 0 Å². The first-order chi connectivity index (χ1) is 37.1. The SMILES string of the molecule is CCC(C)CCCCCCCCCCCCCCCCCCCCC(=O)O[C@H](COC(=O)CCCCCCCCCCCCCCCCCCC(C)C)COC(=O)CCCCCCCCCCCCCCCCC(C)C. The van der Waals surface area contributed by atoms with Gasteiger partial charge >= 0.3 is 17.9 Å². The summed E-state index contributed by atoms with van der Waals surface area (Å²) < 4.78 is 17.0. The Kier molecular flexibility index (Phi) is 59.8. The molecule has 0 rings (SSSR count). The molecule has 6 heteroatoms. The van der Waals surface area contributed by atoms with E-state index in [1.54, 1.807) is 0 Å². The number of esters is 3. The van der Waals surface area contributed by atoms with E-state index in [0.717, 1.165) is 75.5 Å². The van der Waals surface area contributed by atoms with Crippen molar-refractivity contribution in [3.05, 3.63) is 0 Å². The molecule has 0 spiro atoms. The highest BCUT2D eigenvalue weighted by molar-refractivity contribution is 5.71. The Hall–Kier alpha value is -1.59. The van der Waals surface area contributed by atoms with E-state index in [4.69, 9.17) is 14.2 Å². The van der Waals surface area contributed by atoms with Crippen LogP contribution in [0.3, 0.4) is 0 Å². The van der Waals surface area contributed by atoms with E-state index < -0.39 is 6.10 Å². The summed E-state index contributed by atoms with van der Waals surface area (Å²) in [6.07, 6.45) is 68.2. The molecule has 0 bridgehead atoms. The van der Waals surface area contributed by atoms with Crippen LogP contribution in [-0.2, 0) is 28.6 Å².